The van der Waals surface area contributed by atoms with Gasteiger partial charge >= 0.3 is 0 Å². The summed E-state index contributed by atoms with van der Waals surface area (Å²) in [5, 5.41) is 0. The summed E-state index contributed by atoms with van der Waals surface area (Å²) in [5.74, 6) is -0.00219. The molecule has 80 valence electrons. The second-order valence-electron chi connectivity index (χ2n) is 4.31. The van der Waals surface area contributed by atoms with Gasteiger partial charge in [-0.3, -0.25) is 4.79 Å². The van der Waals surface area contributed by atoms with Crippen LogP contribution in [0.1, 0.15) is 27.2 Å². The van der Waals surface area contributed by atoms with Gasteiger partial charge < -0.3 is 0 Å². The van der Waals surface area contributed by atoms with Crippen molar-refractivity contribution in [3.8, 4) is 0 Å². The van der Waals surface area contributed by atoms with Crippen LogP contribution in [-0.4, -0.2) is 24.7 Å². The second kappa shape index (κ2) is 3.50. The summed E-state index contributed by atoms with van der Waals surface area (Å²) in [4.78, 5) is 11.8. The normalized spacial score (nSPS) is 29.7. The zero-order chi connectivity index (χ0) is 11.0. The molecule has 1 rings (SSSR count). The van der Waals surface area contributed by atoms with E-state index in [-0.39, 0.29) is 17.5 Å². The fraction of sp³-hybridized carbons (Fsp3) is 0.700. The smallest absolute Gasteiger partial charge is 0.169 e. The molecular weight excluding hydrogens is 200 g/mol. The van der Waals surface area contributed by atoms with Crippen molar-refractivity contribution in [1.29, 1.82) is 0 Å². The van der Waals surface area contributed by atoms with Crippen LogP contribution in [0.15, 0.2) is 12.2 Å². The van der Waals surface area contributed by atoms with E-state index in [9.17, 15) is 13.2 Å². The van der Waals surface area contributed by atoms with Crippen LogP contribution in [-0.2, 0) is 14.6 Å². The average Bonchev–Trinajstić information content (AvgIpc) is 2.26. The monoisotopic (exact) mass is 216 g/mol. The Morgan fingerprint density at radius 2 is 2.07 bits per heavy atom. The number of carbonyl (C=O) groups excluding carboxylic acids is 1. The lowest BCUT2D eigenvalue weighted by molar-refractivity contribution is -0.120. The van der Waals surface area contributed by atoms with E-state index in [1.165, 1.54) is 13.0 Å². The molecule has 0 spiro atoms. The predicted molar refractivity (Wildman–Crippen MR) is 55.8 cm³/mol. The Hall–Kier alpha value is -0.640. The molecule has 1 atom stereocenters. The molecule has 0 aromatic carbocycles. The van der Waals surface area contributed by atoms with E-state index in [0.29, 0.717) is 6.42 Å². The number of sulfone groups is 1. The van der Waals surface area contributed by atoms with Crippen molar-refractivity contribution >= 4 is 15.6 Å². The molecular formula is C10H16O3S. The van der Waals surface area contributed by atoms with Crippen LogP contribution in [0.2, 0.25) is 0 Å². The van der Waals surface area contributed by atoms with Crippen LogP contribution in [0.25, 0.3) is 0 Å². The average molecular weight is 216 g/mol. The van der Waals surface area contributed by atoms with Gasteiger partial charge in [0.25, 0.3) is 0 Å². The Kier molecular flexibility index (Phi) is 2.86. The zero-order valence-electron chi connectivity index (χ0n) is 8.78. The van der Waals surface area contributed by atoms with Gasteiger partial charge in [-0.15, -0.1) is 0 Å². The summed E-state index contributed by atoms with van der Waals surface area (Å²) in [6.45, 7) is 5.32. The topological polar surface area (TPSA) is 51.2 Å². The van der Waals surface area contributed by atoms with Crippen LogP contribution in [0.5, 0.6) is 0 Å². The highest BCUT2D eigenvalue weighted by atomic mass is 32.2. The van der Waals surface area contributed by atoms with Gasteiger partial charge in [-0.25, -0.2) is 8.42 Å². The van der Waals surface area contributed by atoms with Crippen molar-refractivity contribution in [3.63, 3.8) is 0 Å². The Balaban J connectivity index is 2.96. The largest absolute Gasteiger partial charge is 0.298 e. The van der Waals surface area contributed by atoms with Crippen molar-refractivity contribution in [2.45, 2.75) is 31.9 Å². The SMILES string of the molecule is CC(C)CC(=O)C1(C)C=CCS1(=O)=O. The molecule has 0 saturated carbocycles. The Morgan fingerprint density at radius 3 is 2.43 bits per heavy atom. The van der Waals surface area contributed by atoms with E-state index in [1.54, 1.807) is 6.08 Å². The van der Waals surface area contributed by atoms with Crippen molar-refractivity contribution in [2.24, 2.45) is 5.92 Å². The molecule has 0 fully saturated rings. The third-order valence-electron chi connectivity index (χ3n) is 2.54. The first-order valence-electron chi connectivity index (χ1n) is 4.73. The van der Waals surface area contributed by atoms with Crippen molar-refractivity contribution < 1.29 is 13.2 Å². The van der Waals surface area contributed by atoms with Gasteiger partial charge in [0.15, 0.2) is 15.6 Å². The number of hydrogen-bond donors (Lipinski definition) is 0. The summed E-state index contributed by atoms with van der Waals surface area (Å²) < 4.78 is 22.0. The molecule has 0 saturated heterocycles. The first kappa shape index (κ1) is 11.4. The predicted octanol–water partition coefficient (Wildman–Crippen LogP) is 1.34. The molecule has 4 heteroatoms. The maximum absolute atomic E-state index is 11.8. The standard InChI is InChI=1S/C10H16O3S/c1-8(2)7-9(11)10(3)5-4-6-14(10,12)13/h4-5,8H,6-7H2,1-3H3. The summed E-state index contributed by atoms with van der Waals surface area (Å²) in [6.07, 6.45) is 3.40. The van der Waals surface area contributed by atoms with Crippen LogP contribution in [0, 0.1) is 5.92 Å². The van der Waals surface area contributed by atoms with Crippen molar-refractivity contribution in [2.75, 3.05) is 5.75 Å². The van der Waals surface area contributed by atoms with E-state index in [2.05, 4.69) is 0 Å². The maximum Gasteiger partial charge on any atom is 0.169 e. The van der Waals surface area contributed by atoms with E-state index in [4.69, 9.17) is 0 Å². The van der Waals surface area contributed by atoms with E-state index >= 15 is 0 Å². The lowest BCUT2D eigenvalue weighted by Crippen LogP contribution is -2.40. The number of carbonyl (C=O) groups is 1. The number of Topliss-reactive ketones (excluding diaryl/α,β-unsaturated/α-hetero) is 1. The van der Waals surface area contributed by atoms with Crippen LogP contribution >= 0.6 is 0 Å². The summed E-state index contributed by atoms with van der Waals surface area (Å²) in [5.41, 5.74) is 0. The van der Waals surface area contributed by atoms with Gasteiger partial charge in [0.2, 0.25) is 0 Å². The van der Waals surface area contributed by atoms with Crippen molar-refractivity contribution in [3.05, 3.63) is 12.2 Å². The summed E-state index contributed by atoms with van der Waals surface area (Å²) in [7, 11) is -3.29. The van der Waals surface area contributed by atoms with E-state index < -0.39 is 14.6 Å². The highest BCUT2D eigenvalue weighted by Crippen LogP contribution is 2.29. The second-order valence-corrected chi connectivity index (χ2v) is 6.72. The van der Waals surface area contributed by atoms with Crippen LogP contribution < -0.4 is 0 Å². The van der Waals surface area contributed by atoms with Gasteiger partial charge in [-0.1, -0.05) is 26.0 Å². The third kappa shape index (κ3) is 1.75. The van der Waals surface area contributed by atoms with Gasteiger partial charge in [-0.05, 0) is 12.8 Å². The highest BCUT2D eigenvalue weighted by Gasteiger charge is 2.45. The molecule has 1 heterocycles. The van der Waals surface area contributed by atoms with Crippen molar-refractivity contribution in [1.82, 2.24) is 0 Å². The molecule has 0 amide bonds. The molecule has 3 nitrogen and oxygen atoms in total. The van der Waals surface area contributed by atoms with Gasteiger partial charge in [0.05, 0.1) is 5.75 Å². The maximum atomic E-state index is 11.8. The molecule has 0 aromatic rings. The molecule has 0 N–H and O–H groups in total. The van der Waals surface area contributed by atoms with Gasteiger partial charge in [0.1, 0.15) is 4.75 Å². The van der Waals surface area contributed by atoms with Gasteiger partial charge in [-0.2, -0.15) is 0 Å². The lowest BCUT2D eigenvalue weighted by Gasteiger charge is -2.20. The third-order valence-corrected chi connectivity index (χ3v) is 4.83. The molecule has 0 aliphatic carbocycles. The molecule has 1 aliphatic rings. The van der Waals surface area contributed by atoms with Gasteiger partial charge in [0, 0.05) is 6.42 Å². The minimum absolute atomic E-state index is 0.00661. The van der Waals surface area contributed by atoms with Crippen LogP contribution in [0.4, 0.5) is 0 Å². The zero-order valence-corrected chi connectivity index (χ0v) is 9.60. The molecule has 1 aliphatic heterocycles. The minimum Gasteiger partial charge on any atom is -0.298 e. The fourth-order valence-electron chi connectivity index (χ4n) is 1.52. The van der Waals surface area contributed by atoms with E-state index in [1.807, 2.05) is 13.8 Å². The lowest BCUT2D eigenvalue weighted by atomic mass is 9.97. The first-order valence-corrected chi connectivity index (χ1v) is 6.38. The van der Waals surface area contributed by atoms with E-state index in [0.717, 1.165) is 0 Å². The minimum atomic E-state index is -3.29. The number of ketones is 1. The molecule has 0 radical (unpaired) electrons. The molecule has 14 heavy (non-hydrogen) atoms. The Labute approximate surface area is 85.1 Å². The Bertz CT molecular complexity index is 365. The van der Waals surface area contributed by atoms with Crippen LogP contribution in [0.3, 0.4) is 0 Å². The number of hydrogen-bond acceptors (Lipinski definition) is 3. The summed E-state index contributed by atoms with van der Waals surface area (Å²) >= 11 is 0. The molecule has 0 aromatic heterocycles. The highest BCUT2D eigenvalue weighted by molar-refractivity contribution is 7.94. The molecule has 0 bridgehead atoms. The molecule has 1 unspecified atom stereocenters. The quantitative estimate of drug-likeness (QED) is 0.669. The number of rotatable bonds is 3. The summed E-state index contributed by atoms with van der Waals surface area (Å²) in [6, 6.07) is 0. The fourth-order valence-corrected chi connectivity index (χ4v) is 2.95. The first-order chi connectivity index (χ1) is 6.29. The Morgan fingerprint density at radius 1 is 1.50 bits per heavy atom.